The summed E-state index contributed by atoms with van der Waals surface area (Å²) in [6, 6.07) is 23.8. The molecule has 8 rings (SSSR count). The second kappa shape index (κ2) is 21.6. The minimum absolute atomic E-state index is 0.0228. The molecule has 1 aromatic heterocycles. The van der Waals surface area contributed by atoms with Crippen LogP contribution in [0.4, 0.5) is 22.9 Å². The number of amides is 7. The van der Waals surface area contributed by atoms with E-state index in [-0.39, 0.29) is 65.0 Å². The molecule has 3 aliphatic heterocycles. The van der Waals surface area contributed by atoms with Crippen molar-refractivity contribution < 1.29 is 33.6 Å². The van der Waals surface area contributed by atoms with Crippen molar-refractivity contribution in [1.82, 2.24) is 34.9 Å². The Kier molecular flexibility index (Phi) is 15.1. The molecular formula is C54H60N10O8. The summed E-state index contributed by atoms with van der Waals surface area (Å²) in [6.45, 7) is 12.1. The third-order valence-electron chi connectivity index (χ3n) is 13.4. The zero-order valence-electron chi connectivity index (χ0n) is 41.2. The fraction of sp³-hybridized carbons (Fsp3) is 0.352. The van der Waals surface area contributed by atoms with Crippen LogP contribution in [-0.2, 0) is 26.8 Å². The molecule has 2 saturated heterocycles. The standard InChI is InChI=1S/C54H60N10O8/c1-33-38(11-9-13-40(33)59-48(67)34-15-19-36(20-16-34)54(2,3)4)42-32-61(5)53(72)47(58-42)57-37-21-17-35(18-22-37)50(69)63-29-27-62(28-30-63)26-8-6-7-25-55-45(66)31-56-41-14-10-12-39-46(41)52(71)64(51(39)70)43-23-24-44(65)60-49(43)68/h9-22,32,43,56H,6-8,23-31H2,1-5H3,(H,55,66)(H,57,58)(H,59,67)(H,60,65,68). The van der Waals surface area contributed by atoms with Crippen LogP contribution in [0.2, 0.25) is 0 Å². The van der Waals surface area contributed by atoms with Crippen LogP contribution in [0.15, 0.2) is 95.9 Å². The van der Waals surface area contributed by atoms with Crippen molar-refractivity contribution >= 4 is 64.2 Å². The van der Waals surface area contributed by atoms with Gasteiger partial charge in [0.05, 0.1) is 23.4 Å². The average Bonchev–Trinajstić information content (AvgIpc) is 3.62. The lowest BCUT2D eigenvalue weighted by molar-refractivity contribution is -0.136. The summed E-state index contributed by atoms with van der Waals surface area (Å²) < 4.78 is 1.46. The monoisotopic (exact) mass is 976 g/mol. The van der Waals surface area contributed by atoms with Crippen molar-refractivity contribution in [3.8, 4) is 11.3 Å². The van der Waals surface area contributed by atoms with Crippen molar-refractivity contribution in [1.29, 1.82) is 0 Å². The van der Waals surface area contributed by atoms with Crippen LogP contribution in [0.1, 0.15) is 105 Å². The van der Waals surface area contributed by atoms with Crippen LogP contribution in [-0.4, -0.2) is 117 Å². The quantitative estimate of drug-likeness (QED) is 0.0602. The van der Waals surface area contributed by atoms with Gasteiger partial charge in [-0.15, -0.1) is 0 Å². The van der Waals surface area contributed by atoms with Crippen molar-refractivity contribution in [2.75, 3.05) is 61.8 Å². The predicted molar refractivity (Wildman–Crippen MR) is 273 cm³/mol. The minimum atomic E-state index is -1.08. The predicted octanol–water partition coefficient (Wildman–Crippen LogP) is 5.61. The molecule has 2 fully saturated rings. The van der Waals surface area contributed by atoms with E-state index in [2.05, 4.69) is 52.3 Å². The highest BCUT2D eigenvalue weighted by molar-refractivity contribution is 6.25. The summed E-state index contributed by atoms with van der Waals surface area (Å²) >= 11 is 0. The number of hydrogen-bond acceptors (Lipinski definition) is 12. The number of rotatable bonds is 16. The number of anilines is 4. The molecule has 0 spiro atoms. The number of fused-ring (bicyclic) bond motifs is 1. The maximum atomic E-state index is 13.5. The first kappa shape index (κ1) is 50.4. The second-order valence-corrected chi connectivity index (χ2v) is 19.4. The largest absolute Gasteiger partial charge is 0.375 e. The molecule has 18 heteroatoms. The molecule has 0 saturated carbocycles. The van der Waals surface area contributed by atoms with Gasteiger partial charge in [0.2, 0.25) is 17.7 Å². The highest BCUT2D eigenvalue weighted by atomic mass is 16.2. The number of imide groups is 2. The van der Waals surface area contributed by atoms with E-state index in [1.807, 2.05) is 54.3 Å². The molecule has 1 atom stereocenters. The smallest absolute Gasteiger partial charge is 0.293 e. The van der Waals surface area contributed by atoms with Gasteiger partial charge in [-0.05, 0) is 104 Å². The number of aryl methyl sites for hydroxylation is 1. The van der Waals surface area contributed by atoms with E-state index in [1.54, 1.807) is 49.6 Å². The van der Waals surface area contributed by atoms with Gasteiger partial charge in [0.25, 0.3) is 29.2 Å². The van der Waals surface area contributed by atoms with Gasteiger partial charge in [0.1, 0.15) is 6.04 Å². The molecule has 18 nitrogen and oxygen atoms in total. The van der Waals surface area contributed by atoms with Crippen molar-refractivity contribution in [2.24, 2.45) is 7.05 Å². The first-order chi connectivity index (χ1) is 34.5. The summed E-state index contributed by atoms with van der Waals surface area (Å²) in [5, 5.41) is 14.2. The molecule has 0 radical (unpaired) electrons. The Labute approximate surface area is 417 Å². The highest BCUT2D eigenvalue weighted by Crippen LogP contribution is 2.33. The molecule has 0 aliphatic carbocycles. The molecule has 4 heterocycles. The van der Waals surface area contributed by atoms with E-state index in [0.717, 1.165) is 60.5 Å². The average molecular weight is 977 g/mol. The molecule has 5 N–H and O–H groups in total. The molecular weight excluding hydrogens is 917 g/mol. The Hall–Kier alpha value is -7.99. The van der Waals surface area contributed by atoms with Crippen LogP contribution in [0, 0.1) is 6.92 Å². The molecule has 5 aromatic rings. The van der Waals surface area contributed by atoms with E-state index < -0.39 is 29.7 Å². The maximum Gasteiger partial charge on any atom is 0.293 e. The van der Waals surface area contributed by atoms with E-state index in [1.165, 1.54) is 10.6 Å². The fourth-order valence-corrected chi connectivity index (χ4v) is 9.14. The number of carbonyl (C=O) groups is 7. The Bertz CT molecular complexity index is 2990. The Morgan fingerprint density at radius 1 is 0.778 bits per heavy atom. The number of aromatic nitrogens is 2. The summed E-state index contributed by atoms with van der Waals surface area (Å²) in [5.41, 5.74) is 5.72. The highest BCUT2D eigenvalue weighted by Gasteiger charge is 2.45. The van der Waals surface area contributed by atoms with E-state index in [4.69, 9.17) is 4.98 Å². The molecule has 1 unspecified atom stereocenters. The zero-order chi connectivity index (χ0) is 51.3. The van der Waals surface area contributed by atoms with Crippen LogP contribution in [0.25, 0.3) is 11.3 Å². The number of piperazine rings is 1. The zero-order valence-corrected chi connectivity index (χ0v) is 41.2. The molecule has 0 bridgehead atoms. The lowest BCUT2D eigenvalue weighted by Gasteiger charge is -2.34. The normalized spacial score (nSPS) is 16.0. The third-order valence-corrected chi connectivity index (χ3v) is 13.4. The SMILES string of the molecule is Cc1c(NC(=O)c2ccc(C(C)(C)C)cc2)cccc1-c1cn(C)c(=O)c(Nc2ccc(C(=O)N3CCN(CCCCCNC(=O)CNc4cccc5c4C(=O)N(C4CCC(=O)NC4=O)C5=O)CC3)cc2)n1. The van der Waals surface area contributed by atoms with Crippen LogP contribution in [0.5, 0.6) is 0 Å². The van der Waals surface area contributed by atoms with Crippen molar-refractivity contribution in [3.63, 3.8) is 0 Å². The van der Waals surface area contributed by atoms with Gasteiger partial charge >= 0.3 is 0 Å². The van der Waals surface area contributed by atoms with Gasteiger partial charge in [-0.25, -0.2) is 4.98 Å². The van der Waals surface area contributed by atoms with Gasteiger partial charge < -0.3 is 30.7 Å². The summed E-state index contributed by atoms with van der Waals surface area (Å²) in [4.78, 5) is 113. The Morgan fingerprint density at radius 3 is 2.15 bits per heavy atom. The number of carbonyl (C=O) groups excluding carboxylic acids is 7. The van der Waals surface area contributed by atoms with Gasteiger partial charge in [-0.2, -0.15) is 0 Å². The number of nitrogens with one attached hydrogen (secondary N) is 5. The van der Waals surface area contributed by atoms with Gasteiger partial charge in [0, 0.05) is 86.1 Å². The number of nitrogens with zero attached hydrogens (tertiary/aromatic N) is 5. The lowest BCUT2D eigenvalue weighted by atomic mass is 9.86. The number of hydrogen-bond donors (Lipinski definition) is 5. The molecule has 72 heavy (non-hydrogen) atoms. The first-order valence-corrected chi connectivity index (χ1v) is 24.3. The number of unbranched alkanes of at least 4 members (excludes halogenated alkanes) is 2. The third kappa shape index (κ3) is 11.3. The number of benzene rings is 4. The van der Waals surface area contributed by atoms with Crippen LogP contribution < -0.4 is 32.1 Å². The van der Waals surface area contributed by atoms with Gasteiger partial charge in [-0.3, -0.25) is 53.5 Å². The molecule has 3 aliphatic rings. The summed E-state index contributed by atoms with van der Waals surface area (Å²) in [6.07, 6.45) is 4.32. The van der Waals surface area contributed by atoms with E-state index >= 15 is 0 Å². The minimum Gasteiger partial charge on any atom is -0.375 e. The summed E-state index contributed by atoms with van der Waals surface area (Å²) in [7, 11) is 1.66. The fourth-order valence-electron chi connectivity index (χ4n) is 9.14. The van der Waals surface area contributed by atoms with Crippen LogP contribution >= 0.6 is 0 Å². The molecule has 7 amide bonds. The first-order valence-electron chi connectivity index (χ1n) is 24.3. The Morgan fingerprint density at radius 2 is 1.46 bits per heavy atom. The lowest BCUT2D eigenvalue weighted by Crippen LogP contribution is -2.54. The molecule has 4 aromatic carbocycles. The molecule has 374 valence electrons. The van der Waals surface area contributed by atoms with Crippen molar-refractivity contribution in [2.45, 2.75) is 71.3 Å². The topological polar surface area (TPSA) is 224 Å². The van der Waals surface area contributed by atoms with E-state index in [9.17, 15) is 38.4 Å². The Balaban J connectivity index is 0.753. The second-order valence-electron chi connectivity index (χ2n) is 19.4. The maximum absolute atomic E-state index is 13.5. The van der Waals surface area contributed by atoms with Crippen LogP contribution in [0.3, 0.4) is 0 Å². The van der Waals surface area contributed by atoms with Gasteiger partial charge in [-0.1, -0.05) is 57.5 Å². The van der Waals surface area contributed by atoms with Crippen molar-refractivity contribution in [3.05, 3.63) is 135 Å². The number of piperidine rings is 1. The van der Waals surface area contributed by atoms with Gasteiger partial charge in [0.15, 0.2) is 5.82 Å². The van der Waals surface area contributed by atoms with E-state index in [0.29, 0.717) is 53.5 Å². The summed E-state index contributed by atoms with van der Waals surface area (Å²) in [5.74, 6) is -2.85.